The third-order valence-corrected chi connectivity index (χ3v) is 7.86. The Morgan fingerprint density at radius 2 is 1.73 bits per heavy atom. The molecule has 0 spiro atoms. The SMILES string of the molecule is CCOc1ccc(S(=O)(=O)N2CCC(C(=O)N3CCCc4ccccc43)CC2)cc1. The number of fused-ring (bicyclic) bond motifs is 1. The van der Waals surface area contributed by atoms with Gasteiger partial charge in [0.15, 0.2) is 0 Å². The lowest BCUT2D eigenvalue weighted by molar-refractivity contribution is -0.123. The average molecular weight is 429 g/mol. The van der Waals surface area contributed by atoms with E-state index in [1.165, 1.54) is 9.87 Å². The molecule has 0 bridgehead atoms. The Hall–Kier alpha value is -2.38. The minimum absolute atomic E-state index is 0.125. The second-order valence-corrected chi connectivity index (χ2v) is 9.74. The minimum atomic E-state index is -3.56. The van der Waals surface area contributed by atoms with Gasteiger partial charge in [-0.3, -0.25) is 4.79 Å². The van der Waals surface area contributed by atoms with E-state index >= 15 is 0 Å². The maximum atomic E-state index is 13.2. The fourth-order valence-electron chi connectivity index (χ4n) is 4.35. The number of hydrogen-bond donors (Lipinski definition) is 0. The first-order chi connectivity index (χ1) is 14.5. The van der Waals surface area contributed by atoms with E-state index in [1.54, 1.807) is 24.3 Å². The van der Waals surface area contributed by atoms with Gasteiger partial charge in [-0.25, -0.2) is 8.42 Å². The Kier molecular flexibility index (Phi) is 6.11. The molecule has 1 fully saturated rings. The number of para-hydroxylation sites is 1. The molecule has 2 aliphatic heterocycles. The molecule has 0 unspecified atom stereocenters. The Labute approximate surface area is 178 Å². The molecule has 6 nitrogen and oxygen atoms in total. The zero-order chi connectivity index (χ0) is 21.1. The highest BCUT2D eigenvalue weighted by molar-refractivity contribution is 7.89. The van der Waals surface area contributed by atoms with Crippen LogP contribution in [0.1, 0.15) is 31.7 Å². The number of anilines is 1. The van der Waals surface area contributed by atoms with Crippen LogP contribution in [0.2, 0.25) is 0 Å². The van der Waals surface area contributed by atoms with Crippen molar-refractivity contribution in [3.05, 3.63) is 54.1 Å². The zero-order valence-electron chi connectivity index (χ0n) is 17.3. The number of carbonyl (C=O) groups excluding carboxylic acids is 1. The third kappa shape index (κ3) is 4.09. The molecule has 2 aromatic carbocycles. The summed E-state index contributed by atoms with van der Waals surface area (Å²) >= 11 is 0. The summed E-state index contributed by atoms with van der Waals surface area (Å²) in [6.07, 6.45) is 3.06. The van der Waals surface area contributed by atoms with Crippen molar-refractivity contribution in [2.75, 3.05) is 31.1 Å². The number of benzene rings is 2. The average Bonchev–Trinajstić information content (AvgIpc) is 2.79. The molecule has 0 atom stereocenters. The van der Waals surface area contributed by atoms with E-state index in [4.69, 9.17) is 4.74 Å². The van der Waals surface area contributed by atoms with E-state index in [0.29, 0.717) is 38.3 Å². The van der Waals surface area contributed by atoms with Crippen molar-refractivity contribution in [2.45, 2.75) is 37.5 Å². The van der Waals surface area contributed by atoms with Gasteiger partial charge in [0.25, 0.3) is 0 Å². The Bertz CT molecular complexity index is 996. The van der Waals surface area contributed by atoms with Gasteiger partial charge < -0.3 is 9.64 Å². The van der Waals surface area contributed by atoms with Crippen molar-refractivity contribution >= 4 is 21.6 Å². The molecule has 1 amide bonds. The van der Waals surface area contributed by atoms with Crippen LogP contribution < -0.4 is 9.64 Å². The van der Waals surface area contributed by atoms with E-state index in [0.717, 1.165) is 25.1 Å². The maximum Gasteiger partial charge on any atom is 0.243 e. The summed E-state index contributed by atoms with van der Waals surface area (Å²) in [5, 5.41) is 0. The number of amides is 1. The second-order valence-electron chi connectivity index (χ2n) is 7.80. The van der Waals surface area contributed by atoms with Crippen LogP contribution in [-0.2, 0) is 21.2 Å². The van der Waals surface area contributed by atoms with Crippen LogP contribution in [-0.4, -0.2) is 44.9 Å². The topological polar surface area (TPSA) is 66.9 Å². The van der Waals surface area contributed by atoms with Crippen LogP contribution in [0.3, 0.4) is 0 Å². The van der Waals surface area contributed by atoms with E-state index in [-0.39, 0.29) is 16.7 Å². The van der Waals surface area contributed by atoms with Gasteiger partial charge in [-0.05, 0) is 68.5 Å². The smallest absolute Gasteiger partial charge is 0.243 e. The first kappa shape index (κ1) is 20.9. The number of ether oxygens (including phenoxy) is 1. The number of piperidine rings is 1. The van der Waals surface area contributed by atoms with Crippen LogP contribution in [0.4, 0.5) is 5.69 Å². The quantitative estimate of drug-likeness (QED) is 0.731. The largest absolute Gasteiger partial charge is 0.494 e. The minimum Gasteiger partial charge on any atom is -0.494 e. The summed E-state index contributed by atoms with van der Waals surface area (Å²) in [5.41, 5.74) is 2.23. The fraction of sp³-hybridized carbons (Fsp3) is 0.435. The van der Waals surface area contributed by atoms with Crippen LogP contribution in [0.15, 0.2) is 53.4 Å². The summed E-state index contributed by atoms with van der Waals surface area (Å²) < 4.78 is 32.9. The fourth-order valence-corrected chi connectivity index (χ4v) is 5.82. The highest BCUT2D eigenvalue weighted by Gasteiger charge is 2.35. The number of aryl methyl sites for hydroxylation is 1. The van der Waals surface area contributed by atoms with E-state index in [2.05, 4.69) is 6.07 Å². The molecule has 0 aromatic heterocycles. The molecule has 2 heterocycles. The predicted octanol–water partition coefficient (Wildman–Crippen LogP) is 3.47. The monoisotopic (exact) mass is 428 g/mol. The molecule has 2 aliphatic rings. The Morgan fingerprint density at radius 3 is 2.43 bits per heavy atom. The maximum absolute atomic E-state index is 13.2. The second kappa shape index (κ2) is 8.78. The summed E-state index contributed by atoms with van der Waals surface area (Å²) in [7, 11) is -3.56. The van der Waals surface area contributed by atoms with Gasteiger partial charge >= 0.3 is 0 Å². The number of rotatable bonds is 5. The molecule has 4 rings (SSSR count). The first-order valence-electron chi connectivity index (χ1n) is 10.6. The highest BCUT2D eigenvalue weighted by atomic mass is 32.2. The van der Waals surface area contributed by atoms with Gasteiger partial charge in [-0.2, -0.15) is 4.31 Å². The van der Waals surface area contributed by atoms with Gasteiger partial charge in [-0.15, -0.1) is 0 Å². The Morgan fingerprint density at radius 1 is 1.03 bits per heavy atom. The molecule has 2 aromatic rings. The molecular formula is C23H28N2O4S. The predicted molar refractivity (Wildman–Crippen MR) is 116 cm³/mol. The first-order valence-corrected chi connectivity index (χ1v) is 12.1. The van der Waals surface area contributed by atoms with Crippen LogP contribution in [0.25, 0.3) is 0 Å². The van der Waals surface area contributed by atoms with Crippen molar-refractivity contribution in [3.63, 3.8) is 0 Å². The highest BCUT2D eigenvalue weighted by Crippen LogP contribution is 2.31. The molecule has 7 heteroatoms. The summed E-state index contributed by atoms with van der Waals surface area (Å²) in [5.74, 6) is 0.644. The molecule has 160 valence electrons. The molecule has 1 saturated heterocycles. The molecular weight excluding hydrogens is 400 g/mol. The van der Waals surface area contributed by atoms with Gasteiger partial charge in [-0.1, -0.05) is 18.2 Å². The summed E-state index contributed by atoms with van der Waals surface area (Å²) in [6, 6.07) is 14.6. The summed E-state index contributed by atoms with van der Waals surface area (Å²) in [6.45, 7) is 3.89. The molecule has 0 saturated carbocycles. The van der Waals surface area contributed by atoms with Crippen molar-refractivity contribution in [1.82, 2.24) is 4.31 Å². The van der Waals surface area contributed by atoms with Gasteiger partial charge in [0, 0.05) is 31.2 Å². The zero-order valence-corrected chi connectivity index (χ0v) is 18.1. The van der Waals surface area contributed by atoms with E-state index in [9.17, 15) is 13.2 Å². The standard InChI is InChI=1S/C23H28N2O4S/c1-2-29-20-9-11-21(12-10-20)30(27,28)24-16-13-19(14-17-24)23(26)25-15-5-7-18-6-3-4-8-22(18)25/h3-4,6,8-12,19H,2,5,7,13-17H2,1H3. The van der Waals surface area contributed by atoms with Gasteiger partial charge in [0.1, 0.15) is 5.75 Å². The van der Waals surface area contributed by atoms with Crippen LogP contribution >= 0.6 is 0 Å². The van der Waals surface area contributed by atoms with E-state index in [1.807, 2.05) is 30.0 Å². The lowest BCUT2D eigenvalue weighted by Gasteiger charge is -2.36. The lowest BCUT2D eigenvalue weighted by Crippen LogP contribution is -2.45. The van der Waals surface area contributed by atoms with E-state index < -0.39 is 10.0 Å². The number of hydrogen-bond acceptors (Lipinski definition) is 4. The van der Waals surface area contributed by atoms with Crippen molar-refractivity contribution in [3.8, 4) is 5.75 Å². The third-order valence-electron chi connectivity index (χ3n) is 5.95. The van der Waals surface area contributed by atoms with Crippen molar-refractivity contribution in [2.24, 2.45) is 5.92 Å². The van der Waals surface area contributed by atoms with Gasteiger partial charge in [0.2, 0.25) is 15.9 Å². The van der Waals surface area contributed by atoms with Crippen LogP contribution in [0, 0.1) is 5.92 Å². The van der Waals surface area contributed by atoms with Gasteiger partial charge in [0.05, 0.1) is 11.5 Å². The number of nitrogens with zero attached hydrogens (tertiary/aromatic N) is 2. The van der Waals surface area contributed by atoms with Crippen LogP contribution in [0.5, 0.6) is 5.75 Å². The molecule has 0 N–H and O–H groups in total. The molecule has 30 heavy (non-hydrogen) atoms. The van der Waals surface area contributed by atoms with Crippen molar-refractivity contribution < 1.29 is 17.9 Å². The molecule has 0 radical (unpaired) electrons. The lowest BCUT2D eigenvalue weighted by atomic mass is 9.94. The van der Waals surface area contributed by atoms with Crippen molar-refractivity contribution in [1.29, 1.82) is 0 Å². The Balaban J connectivity index is 1.42. The summed E-state index contributed by atoms with van der Waals surface area (Å²) in [4.78, 5) is 15.4. The molecule has 0 aliphatic carbocycles. The number of carbonyl (C=O) groups is 1. The number of sulfonamides is 1. The normalized spacial score (nSPS) is 18.1.